The van der Waals surface area contributed by atoms with E-state index < -0.39 is 0 Å². The summed E-state index contributed by atoms with van der Waals surface area (Å²) in [6.45, 7) is 0. The number of hydrogen-bond donors (Lipinski definition) is 1. The lowest BCUT2D eigenvalue weighted by Crippen LogP contribution is -2.18. The summed E-state index contributed by atoms with van der Waals surface area (Å²) < 4.78 is 0. The Morgan fingerprint density at radius 2 is 2.24 bits per heavy atom. The molecule has 1 aliphatic rings. The molecule has 0 unspecified atom stereocenters. The number of anilines is 1. The summed E-state index contributed by atoms with van der Waals surface area (Å²) in [5.74, 6) is 0.576. The van der Waals surface area contributed by atoms with Crippen molar-refractivity contribution >= 4 is 29.6 Å². The Balaban J connectivity index is 1.98. The van der Waals surface area contributed by atoms with Crippen LogP contribution in [0.5, 0.6) is 0 Å². The van der Waals surface area contributed by atoms with Crippen molar-refractivity contribution in [1.29, 1.82) is 0 Å². The summed E-state index contributed by atoms with van der Waals surface area (Å²) >= 11 is 1.58. The van der Waals surface area contributed by atoms with Gasteiger partial charge in [-0.05, 0) is 37.0 Å². The van der Waals surface area contributed by atoms with Crippen LogP contribution in [-0.4, -0.2) is 17.9 Å². The predicted molar refractivity (Wildman–Crippen MR) is 69.4 cm³/mol. The molecule has 1 heterocycles. The zero-order valence-corrected chi connectivity index (χ0v) is 10.4. The van der Waals surface area contributed by atoms with Crippen molar-refractivity contribution in [2.75, 3.05) is 11.1 Å². The van der Waals surface area contributed by atoms with Gasteiger partial charge in [0.05, 0.1) is 11.4 Å². The fourth-order valence-electron chi connectivity index (χ4n) is 1.84. The smallest absolute Gasteiger partial charge is 0.234 e. The van der Waals surface area contributed by atoms with Gasteiger partial charge < -0.3 is 10.1 Å². The molecule has 0 bridgehead atoms. The lowest BCUT2D eigenvalue weighted by molar-refractivity contribution is -0.114. The summed E-state index contributed by atoms with van der Waals surface area (Å²) in [6.07, 6.45) is 4.50. The number of rotatable bonds is 5. The molecule has 2 rings (SSSR count). The first kappa shape index (κ1) is 12.2. The lowest BCUT2D eigenvalue weighted by atomic mass is 10.1. The van der Waals surface area contributed by atoms with Gasteiger partial charge in [0.15, 0.2) is 0 Å². The number of aryl methyl sites for hydroxylation is 1. The van der Waals surface area contributed by atoms with E-state index in [9.17, 15) is 9.59 Å². The monoisotopic (exact) mass is 249 g/mol. The van der Waals surface area contributed by atoms with Crippen molar-refractivity contribution < 1.29 is 9.59 Å². The van der Waals surface area contributed by atoms with Crippen molar-refractivity contribution in [3.8, 4) is 0 Å². The normalized spacial score (nSPS) is 14.0. The molecule has 0 spiro atoms. The predicted octanol–water partition coefficient (Wildman–Crippen LogP) is 2.64. The van der Waals surface area contributed by atoms with Crippen LogP contribution >= 0.6 is 11.8 Å². The first-order valence-electron chi connectivity index (χ1n) is 5.79. The van der Waals surface area contributed by atoms with Crippen LogP contribution < -0.4 is 5.32 Å². The van der Waals surface area contributed by atoms with Crippen molar-refractivity contribution in [2.24, 2.45) is 0 Å². The van der Waals surface area contributed by atoms with Crippen LogP contribution in [0.15, 0.2) is 23.1 Å². The van der Waals surface area contributed by atoms with Crippen molar-refractivity contribution in [3.05, 3.63) is 23.8 Å². The van der Waals surface area contributed by atoms with Gasteiger partial charge in [0.25, 0.3) is 0 Å². The Morgan fingerprint density at radius 3 is 3.06 bits per heavy atom. The van der Waals surface area contributed by atoms with Crippen LogP contribution in [0.25, 0.3) is 0 Å². The van der Waals surface area contributed by atoms with Crippen LogP contribution in [0.2, 0.25) is 0 Å². The molecule has 1 amide bonds. The first-order valence-corrected chi connectivity index (χ1v) is 6.77. The van der Waals surface area contributed by atoms with E-state index in [1.165, 1.54) is 5.56 Å². The summed E-state index contributed by atoms with van der Waals surface area (Å²) in [7, 11) is 0. The second kappa shape index (κ2) is 5.87. The number of thioether (sulfide) groups is 1. The maximum atomic E-state index is 11.3. The Morgan fingerprint density at radius 1 is 1.35 bits per heavy atom. The van der Waals surface area contributed by atoms with E-state index in [1.54, 1.807) is 11.8 Å². The van der Waals surface area contributed by atoms with E-state index in [2.05, 4.69) is 17.4 Å². The van der Waals surface area contributed by atoms with Crippen molar-refractivity contribution in [3.63, 3.8) is 0 Å². The third-order valence-corrected chi connectivity index (χ3v) is 3.79. The molecule has 0 saturated heterocycles. The van der Waals surface area contributed by atoms with E-state index in [0.29, 0.717) is 12.2 Å². The molecule has 1 aromatic rings. The van der Waals surface area contributed by atoms with Gasteiger partial charge in [-0.3, -0.25) is 4.79 Å². The van der Waals surface area contributed by atoms with Gasteiger partial charge in [-0.25, -0.2) is 0 Å². The molecular weight excluding hydrogens is 234 g/mol. The second-order valence-corrected chi connectivity index (χ2v) is 5.10. The molecule has 0 aliphatic carbocycles. The number of fused-ring (bicyclic) bond motifs is 1. The van der Waals surface area contributed by atoms with Gasteiger partial charge >= 0.3 is 0 Å². The van der Waals surface area contributed by atoms with Gasteiger partial charge in [-0.1, -0.05) is 6.07 Å². The quantitative estimate of drug-likeness (QED) is 0.644. The minimum absolute atomic E-state index is 0.0700. The van der Waals surface area contributed by atoms with Gasteiger partial charge in [0.2, 0.25) is 5.91 Å². The van der Waals surface area contributed by atoms with E-state index >= 15 is 0 Å². The van der Waals surface area contributed by atoms with Crippen LogP contribution in [0.3, 0.4) is 0 Å². The van der Waals surface area contributed by atoms with Gasteiger partial charge in [-0.2, -0.15) is 0 Å². The third kappa shape index (κ3) is 3.33. The highest BCUT2D eigenvalue weighted by molar-refractivity contribution is 8.00. The molecule has 0 radical (unpaired) electrons. The molecule has 1 aliphatic heterocycles. The van der Waals surface area contributed by atoms with Crippen LogP contribution in [0, 0.1) is 0 Å². The van der Waals surface area contributed by atoms with E-state index in [0.717, 1.165) is 36.1 Å². The molecule has 3 nitrogen and oxygen atoms in total. The zero-order chi connectivity index (χ0) is 12.1. The van der Waals surface area contributed by atoms with Crippen molar-refractivity contribution in [1.82, 2.24) is 0 Å². The van der Waals surface area contributed by atoms with Crippen LogP contribution in [-0.2, 0) is 16.0 Å². The Hall–Kier alpha value is -1.29. The van der Waals surface area contributed by atoms with Gasteiger partial charge in [0, 0.05) is 11.3 Å². The number of carbonyl (C=O) groups excluding carboxylic acids is 2. The van der Waals surface area contributed by atoms with E-state index in [4.69, 9.17) is 0 Å². The highest BCUT2D eigenvalue weighted by Crippen LogP contribution is 2.32. The van der Waals surface area contributed by atoms with E-state index in [1.807, 2.05) is 6.07 Å². The Labute approximate surface area is 105 Å². The molecule has 1 N–H and O–H groups in total. The summed E-state index contributed by atoms with van der Waals surface area (Å²) in [4.78, 5) is 22.6. The zero-order valence-electron chi connectivity index (χ0n) is 9.57. The van der Waals surface area contributed by atoms with Gasteiger partial charge in [0.1, 0.15) is 6.29 Å². The molecule has 0 aromatic heterocycles. The lowest BCUT2D eigenvalue weighted by Gasteiger charge is -2.17. The SMILES string of the molecule is O=CCCCCc1ccc2c(c1)NC(=O)CS2. The molecule has 17 heavy (non-hydrogen) atoms. The third-order valence-electron chi connectivity index (χ3n) is 2.71. The second-order valence-electron chi connectivity index (χ2n) is 4.08. The van der Waals surface area contributed by atoms with E-state index in [-0.39, 0.29) is 5.91 Å². The largest absolute Gasteiger partial charge is 0.324 e. The Kier molecular flexibility index (Phi) is 4.20. The summed E-state index contributed by atoms with van der Waals surface area (Å²) in [5, 5.41) is 2.89. The number of carbonyl (C=O) groups is 2. The highest BCUT2D eigenvalue weighted by Gasteiger charge is 2.14. The van der Waals surface area contributed by atoms with Crippen molar-refractivity contribution in [2.45, 2.75) is 30.6 Å². The molecule has 0 fully saturated rings. The first-order chi connectivity index (χ1) is 8.29. The fourth-order valence-corrected chi connectivity index (χ4v) is 2.63. The molecular formula is C13H15NO2S. The Bertz CT molecular complexity index is 431. The summed E-state index contributed by atoms with van der Waals surface area (Å²) in [6, 6.07) is 6.21. The average Bonchev–Trinajstić information content (AvgIpc) is 2.34. The molecule has 0 atom stereocenters. The number of unbranched alkanes of at least 4 members (excludes halogenated alkanes) is 2. The average molecular weight is 249 g/mol. The maximum Gasteiger partial charge on any atom is 0.234 e. The maximum absolute atomic E-state index is 11.3. The molecule has 1 aromatic carbocycles. The van der Waals surface area contributed by atoms with Crippen LogP contribution in [0.1, 0.15) is 24.8 Å². The van der Waals surface area contributed by atoms with Gasteiger partial charge in [-0.15, -0.1) is 11.8 Å². The molecule has 90 valence electrons. The molecule has 4 heteroatoms. The highest BCUT2D eigenvalue weighted by atomic mass is 32.2. The standard InChI is InChI=1S/C13H15NO2S/c15-7-3-1-2-4-10-5-6-12-11(8-10)14-13(16)9-17-12/h5-8H,1-4,9H2,(H,14,16). The number of aldehydes is 1. The number of hydrogen-bond acceptors (Lipinski definition) is 3. The molecule has 0 saturated carbocycles. The minimum Gasteiger partial charge on any atom is -0.324 e. The summed E-state index contributed by atoms with van der Waals surface area (Å²) in [5.41, 5.74) is 2.15. The topological polar surface area (TPSA) is 46.2 Å². The number of benzene rings is 1. The number of amides is 1. The number of nitrogens with one attached hydrogen (secondary N) is 1. The van der Waals surface area contributed by atoms with Crippen LogP contribution in [0.4, 0.5) is 5.69 Å². The fraction of sp³-hybridized carbons (Fsp3) is 0.385. The minimum atomic E-state index is 0.0700.